The second kappa shape index (κ2) is 4.32. The van der Waals surface area contributed by atoms with Gasteiger partial charge < -0.3 is 9.47 Å². The van der Waals surface area contributed by atoms with Crippen LogP contribution in [0.1, 0.15) is 5.56 Å². The molecule has 1 aromatic heterocycles. The van der Waals surface area contributed by atoms with Crippen LogP contribution in [0.2, 0.25) is 0 Å². The van der Waals surface area contributed by atoms with Crippen molar-refractivity contribution in [2.24, 2.45) is 0 Å². The largest absolute Gasteiger partial charge is 0.493 e. The van der Waals surface area contributed by atoms with E-state index in [2.05, 4.69) is 15.2 Å². The van der Waals surface area contributed by atoms with E-state index in [9.17, 15) is 4.79 Å². The molecule has 6 heteroatoms. The lowest BCUT2D eigenvalue weighted by molar-refractivity contribution is 0.355. The van der Waals surface area contributed by atoms with Gasteiger partial charge in [-0.25, -0.2) is 9.89 Å². The molecule has 0 radical (unpaired) electrons. The average Bonchev–Trinajstić information content (AvgIpc) is 2.75. The summed E-state index contributed by atoms with van der Waals surface area (Å²) >= 11 is 0. The van der Waals surface area contributed by atoms with Gasteiger partial charge in [0.2, 0.25) is 0 Å². The molecule has 0 aliphatic carbocycles. The van der Waals surface area contributed by atoms with Crippen molar-refractivity contribution < 1.29 is 9.47 Å². The quantitative estimate of drug-likeness (QED) is 0.834. The van der Waals surface area contributed by atoms with E-state index >= 15 is 0 Å². The Labute approximate surface area is 97.6 Å². The number of hydrogen-bond acceptors (Lipinski definition) is 4. The van der Waals surface area contributed by atoms with Crippen molar-refractivity contribution in [1.82, 2.24) is 15.2 Å². The van der Waals surface area contributed by atoms with Crippen LogP contribution in [0.5, 0.6) is 11.5 Å². The maximum atomic E-state index is 11.0. The molecule has 0 unspecified atom stereocenters. The highest BCUT2D eigenvalue weighted by atomic mass is 16.5. The molecule has 2 rings (SSSR count). The van der Waals surface area contributed by atoms with Crippen LogP contribution in [0.25, 0.3) is 11.4 Å². The maximum Gasteiger partial charge on any atom is 0.340 e. The smallest absolute Gasteiger partial charge is 0.340 e. The Bertz CT molecular complexity index is 586. The third-order valence-corrected chi connectivity index (χ3v) is 2.49. The van der Waals surface area contributed by atoms with Crippen molar-refractivity contribution in [3.63, 3.8) is 0 Å². The zero-order valence-electron chi connectivity index (χ0n) is 9.83. The molecule has 0 aliphatic rings. The first-order valence-electron chi connectivity index (χ1n) is 5.03. The summed E-state index contributed by atoms with van der Waals surface area (Å²) < 4.78 is 10.4. The Morgan fingerprint density at radius 3 is 2.35 bits per heavy atom. The van der Waals surface area contributed by atoms with Crippen molar-refractivity contribution in [2.75, 3.05) is 14.2 Å². The topological polar surface area (TPSA) is 80.0 Å². The first-order chi connectivity index (χ1) is 8.15. The normalized spacial score (nSPS) is 10.3. The van der Waals surface area contributed by atoms with E-state index in [0.717, 1.165) is 11.1 Å². The number of methoxy groups -OCH3 is 2. The summed E-state index contributed by atoms with van der Waals surface area (Å²) in [6.45, 7) is 1.91. The number of hydrogen-bond donors (Lipinski definition) is 2. The molecule has 0 spiro atoms. The highest BCUT2D eigenvalue weighted by Crippen LogP contribution is 2.33. The van der Waals surface area contributed by atoms with Gasteiger partial charge in [0.1, 0.15) is 0 Å². The summed E-state index contributed by atoms with van der Waals surface area (Å²) in [6, 6.07) is 3.61. The standard InChI is InChI=1S/C11H13N3O3/c1-6-4-8(16-2)9(17-3)5-7(6)10-12-11(15)14-13-10/h4-5H,1-3H3,(H2,12,13,14,15). The van der Waals surface area contributed by atoms with Crippen molar-refractivity contribution >= 4 is 0 Å². The number of nitrogens with one attached hydrogen (secondary N) is 2. The number of aromatic amines is 2. The predicted molar refractivity (Wildman–Crippen MR) is 62.5 cm³/mol. The van der Waals surface area contributed by atoms with E-state index in [1.165, 1.54) is 0 Å². The van der Waals surface area contributed by atoms with Crippen LogP contribution in [-0.4, -0.2) is 29.4 Å². The van der Waals surface area contributed by atoms with Gasteiger partial charge in [-0.1, -0.05) is 0 Å². The molecule has 17 heavy (non-hydrogen) atoms. The molecule has 0 amide bonds. The zero-order chi connectivity index (χ0) is 12.4. The summed E-state index contributed by atoms with van der Waals surface area (Å²) in [5.74, 6) is 1.72. The third kappa shape index (κ3) is 2.01. The SMILES string of the molecule is COc1cc(C)c(-c2n[nH]c(=O)[nH]2)cc1OC. The van der Waals surface area contributed by atoms with Gasteiger partial charge in [0.05, 0.1) is 14.2 Å². The molecule has 2 N–H and O–H groups in total. The second-order valence-corrected chi connectivity index (χ2v) is 3.55. The van der Waals surface area contributed by atoms with Crippen LogP contribution in [0, 0.1) is 6.92 Å². The van der Waals surface area contributed by atoms with E-state index in [0.29, 0.717) is 17.3 Å². The average molecular weight is 235 g/mol. The number of aryl methyl sites for hydroxylation is 1. The lowest BCUT2D eigenvalue weighted by Gasteiger charge is -2.10. The number of H-pyrrole nitrogens is 2. The van der Waals surface area contributed by atoms with E-state index in [4.69, 9.17) is 9.47 Å². The number of nitrogens with zero attached hydrogens (tertiary/aromatic N) is 1. The summed E-state index contributed by atoms with van der Waals surface area (Å²) in [4.78, 5) is 13.6. The van der Waals surface area contributed by atoms with Gasteiger partial charge in [-0.15, -0.1) is 0 Å². The van der Waals surface area contributed by atoms with Crippen LogP contribution in [0.3, 0.4) is 0 Å². The van der Waals surface area contributed by atoms with E-state index in [1.54, 1.807) is 20.3 Å². The van der Waals surface area contributed by atoms with Gasteiger partial charge in [0.15, 0.2) is 17.3 Å². The summed E-state index contributed by atoms with van der Waals surface area (Å²) in [5.41, 5.74) is 1.39. The monoisotopic (exact) mass is 235 g/mol. The number of aromatic nitrogens is 3. The van der Waals surface area contributed by atoms with E-state index in [-0.39, 0.29) is 5.69 Å². The minimum atomic E-state index is -0.339. The zero-order valence-corrected chi connectivity index (χ0v) is 9.83. The van der Waals surface area contributed by atoms with Gasteiger partial charge in [-0.2, -0.15) is 5.10 Å². The Morgan fingerprint density at radius 1 is 1.18 bits per heavy atom. The van der Waals surface area contributed by atoms with Crippen molar-refractivity contribution in [3.8, 4) is 22.9 Å². The Kier molecular flexibility index (Phi) is 2.86. The molecule has 0 fully saturated rings. The minimum absolute atomic E-state index is 0.339. The number of rotatable bonds is 3. The highest BCUT2D eigenvalue weighted by Gasteiger charge is 2.12. The molecule has 90 valence electrons. The molecule has 1 aromatic carbocycles. The van der Waals surface area contributed by atoms with E-state index < -0.39 is 0 Å². The van der Waals surface area contributed by atoms with Crippen molar-refractivity contribution in [3.05, 3.63) is 28.2 Å². The number of ether oxygens (including phenoxy) is 2. The molecule has 1 heterocycles. The van der Waals surface area contributed by atoms with Gasteiger partial charge in [0, 0.05) is 5.56 Å². The Hall–Kier alpha value is -2.24. The summed E-state index contributed by atoms with van der Waals surface area (Å²) in [7, 11) is 3.14. The molecule has 6 nitrogen and oxygen atoms in total. The molecule has 0 aliphatic heterocycles. The van der Waals surface area contributed by atoms with Crippen LogP contribution in [0.4, 0.5) is 0 Å². The van der Waals surface area contributed by atoms with Crippen LogP contribution in [-0.2, 0) is 0 Å². The maximum absolute atomic E-state index is 11.0. The summed E-state index contributed by atoms with van der Waals surface area (Å²) in [6.07, 6.45) is 0. The molecule has 0 saturated heterocycles. The number of benzene rings is 1. The van der Waals surface area contributed by atoms with Gasteiger partial charge in [-0.05, 0) is 24.6 Å². The van der Waals surface area contributed by atoms with Crippen LogP contribution >= 0.6 is 0 Å². The lowest BCUT2D eigenvalue weighted by atomic mass is 10.1. The van der Waals surface area contributed by atoms with Crippen LogP contribution < -0.4 is 15.2 Å². The van der Waals surface area contributed by atoms with E-state index in [1.807, 2.05) is 13.0 Å². The molecule has 0 atom stereocenters. The minimum Gasteiger partial charge on any atom is -0.493 e. The second-order valence-electron chi connectivity index (χ2n) is 3.55. The first-order valence-corrected chi connectivity index (χ1v) is 5.03. The Morgan fingerprint density at radius 2 is 1.82 bits per heavy atom. The molecule has 0 bridgehead atoms. The van der Waals surface area contributed by atoms with Crippen LogP contribution in [0.15, 0.2) is 16.9 Å². The highest BCUT2D eigenvalue weighted by molar-refractivity contribution is 5.65. The third-order valence-electron chi connectivity index (χ3n) is 2.49. The Balaban J connectivity index is 2.58. The fourth-order valence-electron chi connectivity index (χ4n) is 1.63. The molecule has 0 saturated carbocycles. The van der Waals surface area contributed by atoms with Crippen molar-refractivity contribution in [1.29, 1.82) is 0 Å². The van der Waals surface area contributed by atoms with Gasteiger partial charge in [-0.3, -0.25) is 4.98 Å². The molecular weight excluding hydrogens is 222 g/mol. The van der Waals surface area contributed by atoms with Gasteiger partial charge >= 0.3 is 5.69 Å². The van der Waals surface area contributed by atoms with Crippen molar-refractivity contribution in [2.45, 2.75) is 6.92 Å². The fraction of sp³-hybridized carbons (Fsp3) is 0.273. The summed E-state index contributed by atoms with van der Waals surface area (Å²) in [5, 5.41) is 6.22. The molecule has 2 aromatic rings. The van der Waals surface area contributed by atoms with Gasteiger partial charge in [0.25, 0.3) is 0 Å². The lowest BCUT2D eigenvalue weighted by Crippen LogP contribution is -2.00. The first kappa shape index (κ1) is 11.3. The fourth-order valence-corrected chi connectivity index (χ4v) is 1.63. The predicted octanol–water partition coefficient (Wildman–Crippen LogP) is 1.09. The molecular formula is C11H13N3O3.